The van der Waals surface area contributed by atoms with Crippen molar-refractivity contribution in [3.05, 3.63) is 12.7 Å². The molecule has 20 atom stereocenters. The smallest absolute Gasteiger partial charge is 0.396 e. The Hall–Kier alpha value is -6.56. The van der Waals surface area contributed by atoms with Crippen molar-refractivity contribution in [2.45, 2.75) is 293 Å². The normalized spacial score (nSPS) is 21.9. The van der Waals surface area contributed by atoms with Crippen molar-refractivity contribution in [3.8, 4) is 0 Å². The number of anilines is 1. The summed E-state index contributed by atoms with van der Waals surface area (Å²) in [5.41, 5.74) is 5.01. The van der Waals surface area contributed by atoms with Crippen LogP contribution < -0.4 is 43.0 Å². The average molecular weight is 1980 g/mol. The number of phosphoric acid groups is 1. The second kappa shape index (κ2) is 67.0. The Balaban J connectivity index is 1.15. The third kappa shape index (κ3) is 47.1. The topological polar surface area (TPSA) is 691 Å². The summed E-state index contributed by atoms with van der Waals surface area (Å²) in [5, 5.41) is 119. The van der Waals surface area contributed by atoms with Crippen LogP contribution in [0.3, 0.4) is 0 Å². The van der Waals surface area contributed by atoms with E-state index in [-0.39, 0.29) is 241 Å². The van der Waals surface area contributed by atoms with Crippen LogP contribution in [0.4, 0.5) is 5.82 Å². The minimum absolute atomic E-state index is 0.00921. The molecule has 0 saturated carbocycles. The maximum atomic E-state index is 14.2. The Morgan fingerprint density at radius 2 is 1.01 bits per heavy atom. The van der Waals surface area contributed by atoms with Crippen LogP contribution in [0.2, 0.25) is 0 Å². The highest BCUT2D eigenvalue weighted by Crippen LogP contribution is 2.49. The van der Waals surface area contributed by atoms with Crippen LogP contribution >= 0.6 is 16.1 Å². The van der Waals surface area contributed by atoms with Gasteiger partial charge in [-0.05, 0) is 90.9 Å². The summed E-state index contributed by atoms with van der Waals surface area (Å²) < 4.78 is 101. The lowest BCUT2D eigenvalue weighted by Crippen LogP contribution is -2.58. The fourth-order valence-electron chi connectivity index (χ4n) is 14.5. The molecule has 48 nitrogen and oxygen atoms in total. The molecule has 0 radical (unpaired) electrons. The van der Waals surface area contributed by atoms with E-state index in [0.717, 1.165) is 0 Å². The van der Waals surface area contributed by atoms with Crippen molar-refractivity contribution in [1.82, 2.24) is 61.6 Å². The van der Waals surface area contributed by atoms with Crippen molar-refractivity contribution < 1.29 is 169 Å². The van der Waals surface area contributed by atoms with Crippen molar-refractivity contribution in [2.24, 2.45) is 17.8 Å². The number of β-amino-alcohol motifs (C(OH)–C–C–N with tert-alkyl or cyclic N) is 1. The molecule has 8 amide bonds. The van der Waals surface area contributed by atoms with Gasteiger partial charge in [-0.15, -0.1) is 9.42 Å². The summed E-state index contributed by atoms with van der Waals surface area (Å²) in [4.78, 5) is 140. The number of carbonyl (C=O) groups is 8. The highest BCUT2D eigenvalue weighted by Gasteiger charge is 2.46. The average Bonchev–Trinajstić information content (AvgIpc) is 1.63. The number of nitrogens with one attached hydrogen (secondary N) is 7. The van der Waals surface area contributed by atoms with Gasteiger partial charge in [0, 0.05) is 146 Å². The molecule has 2 aromatic heterocycles. The Bertz CT molecular complexity index is 3690. The lowest BCUT2D eigenvalue weighted by molar-refractivity contribution is -0.282. The SMILES string of the molecule is CC1C(O)[C@@H](O)C(CO)O[C@H]1OCCCCC(=O)NCCCNC(=O)CCOCC(COCCC(=O)NCCCNC(=O)CCCCO[C@H](OC(CO)[C@@H](C)O)[C@@H](C)CO)(COCCC(=O)NCCCNC(=O)CCCCO[C@H](OC(CO)[C@@H](C)O)[C@@H](C)CO)NC(=O)CCCCCCCCC(=O)N1C[C@H](O)C[C@H]1COP(=O)(O)O[C@H]1C[C@H](n2cnc3c(N)ncnc32)O[C@@H]1CO[P+](=O)O. The molecule has 3 aliphatic heterocycles. The van der Waals surface area contributed by atoms with Gasteiger partial charge in [0.25, 0.3) is 0 Å². The zero-order chi connectivity index (χ0) is 99.1. The third-order valence-corrected chi connectivity index (χ3v) is 24.0. The van der Waals surface area contributed by atoms with Gasteiger partial charge >= 0.3 is 16.1 Å². The molecule has 0 aromatic carbocycles. The maximum absolute atomic E-state index is 14.2. The van der Waals surface area contributed by atoms with Gasteiger partial charge in [0.1, 0.15) is 66.8 Å². The van der Waals surface area contributed by atoms with Gasteiger partial charge < -0.3 is 151 Å². The van der Waals surface area contributed by atoms with Crippen LogP contribution in [-0.4, -0.2) is 376 Å². The predicted molar refractivity (Wildman–Crippen MR) is 481 cm³/mol. The number of nitrogens with zero attached hydrogens (tertiary/aromatic N) is 5. The molecule has 3 saturated heterocycles. The minimum Gasteiger partial charge on any atom is -0.396 e. The summed E-state index contributed by atoms with van der Waals surface area (Å²) in [6, 6.07) is -0.807. The Morgan fingerprint density at radius 1 is 0.556 bits per heavy atom. The van der Waals surface area contributed by atoms with Gasteiger partial charge in [0.05, 0.1) is 116 Å². The van der Waals surface area contributed by atoms with Crippen LogP contribution in [0, 0.1) is 17.8 Å². The number of likely N-dealkylation sites (tertiary alicyclic amines) is 1. The number of aliphatic hydroxyl groups excluding tert-OH is 10. The molecule has 5 heterocycles. The van der Waals surface area contributed by atoms with E-state index >= 15 is 0 Å². The summed E-state index contributed by atoms with van der Waals surface area (Å²) >= 11 is 0. The molecule has 0 bridgehead atoms. The lowest BCUT2D eigenvalue weighted by atomic mass is 9.92. The number of aromatic nitrogens is 4. The molecule has 135 heavy (non-hydrogen) atoms. The zero-order valence-corrected chi connectivity index (χ0v) is 80.2. The first-order chi connectivity index (χ1) is 64.7. The van der Waals surface area contributed by atoms with Crippen LogP contribution in [-0.2, 0) is 108 Å². The summed E-state index contributed by atoms with van der Waals surface area (Å²) in [6.45, 7) is 5.59. The van der Waals surface area contributed by atoms with Crippen molar-refractivity contribution in [3.63, 3.8) is 0 Å². The van der Waals surface area contributed by atoms with Crippen molar-refractivity contribution >= 4 is 80.3 Å². The minimum atomic E-state index is -4.95. The Morgan fingerprint density at radius 3 is 1.47 bits per heavy atom. The number of amides is 8. The number of unbranched alkanes of at least 4 members (excludes halogenated alkanes) is 8. The first kappa shape index (κ1) is 119. The highest BCUT2D eigenvalue weighted by atomic mass is 31.2. The van der Waals surface area contributed by atoms with E-state index in [2.05, 4.69) is 52.2 Å². The largest absolute Gasteiger partial charge is 0.694 e. The fraction of sp³-hybridized carbons (Fsp3) is 0.847. The molecule has 0 aliphatic carbocycles. The van der Waals surface area contributed by atoms with Crippen molar-refractivity contribution in [1.29, 1.82) is 0 Å². The molecule has 5 rings (SSSR count). The van der Waals surface area contributed by atoms with E-state index in [1.165, 1.54) is 36.0 Å². The number of hydrogen-bond acceptors (Lipinski definition) is 37. The number of rotatable bonds is 77. The summed E-state index contributed by atoms with van der Waals surface area (Å²) in [5.74, 6) is -3.97. The maximum Gasteiger partial charge on any atom is 0.694 e. The highest BCUT2D eigenvalue weighted by molar-refractivity contribution is 7.47. The molecule has 3 fully saturated rings. The standard InChI is InChI=1S/C85H151N13O35P2/c1-56(44-99)82(130-64(46-101)59(4)104)124-35-15-12-21-68(107)87-29-18-32-90-71(110)26-38-121-51-85(52-122-39-27-72(111)91-33-19-30-88-69(108)22-13-16-36-125-83(57(2)45-100)131-65(47-102)60(5)105,53-123-40-28-73(112)92-34-20-31-89-70(109)23-14-17-37-126-84-58(3)78(115)79(116)66(48-103)132-84)96-74(113)24-10-8-6-7-9-11-25-75(114)97-43-62(106)41-61(97)49-128-135(119,120)133-63-42-76(129-67(63)50-127-134(117)118)98-55-95-77-80(86)93-54-94-81(77)98/h54-67,76,78-79,82-84,99-106,115-116H,6-53H2,1-5H3,(H10-,86,87,88,89,90,91,92,93,94,96,107,108,109,110,111,112,113,117,118,119,120)/p+1/t56-,57-,58?,59+,60+,61-,62+,63-,64?,65?,66?,67+,76+,78?,79-,82+,83+,84+,85?/m0/s1. The van der Waals surface area contributed by atoms with Crippen LogP contribution in [0.25, 0.3) is 11.2 Å². The predicted octanol–water partition coefficient (Wildman–Crippen LogP) is -1.05. The number of fused-ring (bicyclic) bond motifs is 1. The lowest BCUT2D eigenvalue weighted by Gasteiger charge is -2.40. The van der Waals surface area contributed by atoms with Gasteiger partial charge in [-0.25, -0.2) is 19.5 Å². The van der Waals surface area contributed by atoms with E-state index in [1.807, 2.05) is 0 Å². The second-order valence-electron chi connectivity index (χ2n) is 34.3. The molecular weight excluding hydrogens is 1820 g/mol. The molecule has 776 valence electrons. The first-order valence-corrected chi connectivity index (χ1v) is 49.5. The Kier molecular flexibility index (Phi) is 59.0. The molecule has 7 unspecified atom stereocenters. The monoisotopic (exact) mass is 1980 g/mol. The molecule has 21 N–H and O–H groups in total. The van der Waals surface area contributed by atoms with Crippen LogP contribution in [0.1, 0.15) is 201 Å². The van der Waals surface area contributed by atoms with Crippen LogP contribution in [0.15, 0.2) is 12.7 Å². The molecule has 50 heteroatoms. The molecule has 2 aromatic rings. The Labute approximate surface area is 788 Å². The number of hydrogen-bond donors (Lipinski definition) is 20. The van der Waals surface area contributed by atoms with Crippen LogP contribution in [0.5, 0.6) is 0 Å². The van der Waals surface area contributed by atoms with Gasteiger partial charge in [-0.2, -0.15) is 0 Å². The number of imidazole rings is 1. The molecular formula is C85H152N13O35P2+. The van der Waals surface area contributed by atoms with E-state index in [9.17, 15) is 108 Å². The van der Waals surface area contributed by atoms with Crippen molar-refractivity contribution in [2.75, 3.05) is 157 Å². The number of ether oxygens (including phenoxy) is 10. The molecule has 3 aliphatic rings. The summed E-state index contributed by atoms with van der Waals surface area (Å²) in [7, 11) is -8.04. The second-order valence-corrected chi connectivity index (χ2v) is 36.4. The van der Waals surface area contributed by atoms with Gasteiger partial charge in [0.2, 0.25) is 47.3 Å². The van der Waals surface area contributed by atoms with E-state index < -0.39 is 170 Å². The van der Waals surface area contributed by atoms with Gasteiger partial charge in [-0.3, -0.25) is 52.0 Å². The summed E-state index contributed by atoms with van der Waals surface area (Å²) in [6.07, 6.45) is -3.99. The number of nitrogen functional groups attached to an aromatic ring is 1. The van der Waals surface area contributed by atoms with Gasteiger partial charge in [-0.1, -0.05) is 46.5 Å². The number of phosphoric ester groups is 1. The molecule has 0 spiro atoms. The van der Waals surface area contributed by atoms with Gasteiger partial charge in [0.15, 0.2) is 30.3 Å². The number of carbonyl (C=O) groups excluding carboxylic acids is 8. The van der Waals surface area contributed by atoms with E-state index in [0.29, 0.717) is 96.3 Å². The third-order valence-electron chi connectivity index (χ3n) is 22.6. The number of nitrogens with two attached hydrogens (primary N) is 1. The zero-order valence-electron chi connectivity index (χ0n) is 78.5. The van der Waals surface area contributed by atoms with E-state index in [4.69, 9.17) is 66.7 Å². The fourth-order valence-corrected chi connectivity index (χ4v) is 15.8. The number of aliphatic hydroxyl groups is 10. The van der Waals surface area contributed by atoms with E-state index in [1.54, 1.807) is 20.8 Å². The quantitative estimate of drug-likeness (QED) is 0.0213. The first-order valence-electron chi connectivity index (χ1n) is 46.9.